The number of rotatable bonds is 5. The van der Waals surface area contributed by atoms with Crippen molar-refractivity contribution in [1.29, 1.82) is 0 Å². The number of fused-ring (bicyclic) bond motifs is 1. The van der Waals surface area contributed by atoms with Crippen molar-refractivity contribution in [3.63, 3.8) is 0 Å². The van der Waals surface area contributed by atoms with Gasteiger partial charge in [-0.2, -0.15) is 0 Å². The largest absolute Gasteiger partial charge is 0.393 e. The predicted octanol–water partition coefficient (Wildman–Crippen LogP) is 4.31. The molecule has 0 spiro atoms. The number of aromatic nitrogens is 2. The first-order chi connectivity index (χ1) is 15.5. The van der Waals surface area contributed by atoms with Crippen LogP contribution in [0, 0.1) is 12.8 Å². The highest BCUT2D eigenvalue weighted by Gasteiger charge is 2.31. The van der Waals surface area contributed by atoms with Gasteiger partial charge in [0.25, 0.3) is 0 Å². The lowest BCUT2D eigenvalue weighted by molar-refractivity contribution is 0.0697. The van der Waals surface area contributed by atoms with E-state index in [0.29, 0.717) is 29.3 Å². The molecule has 6 nitrogen and oxygen atoms in total. The number of anilines is 1. The van der Waals surface area contributed by atoms with E-state index in [1.54, 1.807) is 6.20 Å². The van der Waals surface area contributed by atoms with Gasteiger partial charge < -0.3 is 15.2 Å². The van der Waals surface area contributed by atoms with Crippen LogP contribution in [0.3, 0.4) is 0 Å². The Kier molecular flexibility index (Phi) is 5.80. The minimum atomic E-state index is -0.325. The molecular weight excluding hydrogens is 422 g/mol. The summed E-state index contributed by atoms with van der Waals surface area (Å²) in [5, 5.41) is 13.4. The molecule has 2 aliphatic rings. The minimum absolute atomic E-state index is 0.0919. The monoisotopic (exact) mass is 449 g/mol. The van der Waals surface area contributed by atoms with Crippen LogP contribution in [0.2, 0.25) is 0 Å². The van der Waals surface area contributed by atoms with Crippen LogP contribution in [0.4, 0.5) is 5.82 Å². The van der Waals surface area contributed by atoms with Crippen LogP contribution in [-0.4, -0.2) is 39.6 Å². The summed E-state index contributed by atoms with van der Waals surface area (Å²) in [4.78, 5) is 23.6. The highest BCUT2D eigenvalue weighted by Crippen LogP contribution is 2.38. The van der Waals surface area contributed by atoms with Crippen LogP contribution >= 0.6 is 11.3 Å². The van der Waals surface area contributed by atoms with Crippen molar-refractivity contribution in [2.75, 3.05) is 11.9 Å². The Balaban J connectivity index is 1.42. The van der Waals surface area contributed by atoms with E-state index in [4.69, 9.17) is 4.74 Å². The van der Waals surface area contributed by atoms with Crippen LogP contribution in [0.15, 0.2) is 42.9 Å². The third-order valence-electron chi connectivity index (χ3n) is 6.59. The number of aliphatic hydroxyl groups is 1. The third kappa shape index (κ3) is 3.96. The predicted molar refractivity (Wildman–Crippen MR) is 124 cm³/mol. The highest BCUT2D eigenvalue weighted by molar-refractivity contribution is 7.14. The van der Waals surface area contributed by atoms with E-state index in [0.717, 1.165) is 23.3 Å². The van der Waals surface area contributed by atoms with E-state index < -0.39 is 0 Å². The van der Waals surface area contributed by atoms with Crippen LogP contribution < -0.4 is 5.32 Å². The lowest BCUT2D eigenvalue weighted by Crippen LogP contribution is -2.20. The summed E-state index contributed by atoms with van der Waals surface area (Å²) in [5.74, 6) is 0.667. The molecule has 3 aromatic rings. The summed E-state index contributed by atoms with van der Waals surface area (Å²) in [6, 6.07) is 10.4. The second kappa shape index (κ2) is 8.73. The molecule has 0 unspecified atom stereocenters. The van der Waals surface area contributed by atoms with Gasteiger partial charge >= 0.3 is 0 Å². The number of nitrogens with one attached hydrogen (secondary N) is 1. The van der Waals surface area contributed by atoms with Crippen molar-refractivity contribution in [3.8, 4) is 0 Å². The molecule has 7 heteroatoms. The second-order valence-corrected chi connectivity index (χ2v) is 10.0. The minimum Gasteiger partial charge on any atom is -0.393 e. The Hall–Kier alpha value is -2.61. The van der Waals surface area contributed by atoms with E-state index >= 15 is 0 Å². The number of aryl methyl sites for hydroxylation is 1. The van der Waals surface area contributed by atoms with Crippen LogP contribution in [0.1, 0.15) is 62.7 Å². The Morgan fingerprint density at radius 2 is 2.09 bits per heavy atom. The van der Waals surface area contributed by atoms with Gasteiger partial charge in [0, 0.05) is 17.1 Å². The molecule has 4 atom stereocenters. The summed E-state index contributed by atoms with van der Waals surface area (Å²) in [6.45, 7) is 4.76. The molecular formula is C25H27N3O3S. The van der Waals surface area contributed by atoms with Crippen molar-refractivity contribution in [1.82, 2.24) is 9.97 Å². The summed E-state index contributed by atoms with van der Waals surface area (Å²) >= 11 is 1.48. The Bertz CT molecular complexity index is 1130. The maximum Gasteiger partial charge on any atom is 0.208 e. The van der Waals surface area contributed by atoms with Crippen LogP contribution in [0.25, 0.3) is 0 Å². The lowest BCUT2D eigenvalue weighted by Gasteiger charge is -2.26. The van der Waals surface area contributed by atoms with Gasteiger partial charge in [-0.1, -0.05) is 31.2 Å². The number of aliphatic hydroxyl groups excluding tert-OH is 1. The molecule has 166 valence electrons. The highest BCUT2D eigenvalue weighted by atomic mass is 32.1. The molecule has 3 heterocycles. The number of ketones is 1. The molecule has 1 aromatic carbocycles. The number of hydrogen-bond donors (Lipinski definition) is 2. The zero-order chi connectivity index (χ0) is 22.2. The molecule has 1 saturated carbocycles. The van der Waals surface area contributed by atoms with E-state index in [-0.39, 0.29) is 30.0 Å². The number of ether oxygens (including phenoxy) is 1. The molecule has 2 aromatic heterocycles. The van der Waals surface area contributed by atoms with Gasteiger partial charge in [-0.25, -0.2) is 9.97 Å². The number of benzene rings is 1. The van der Waals surface area contributed by atoms with E-state index in [1.807, 2.05) is 26.0 Å². The molecule has 0 bridgehead atoms. The van der Waals surface area contributed by atoms with Crippen molar-refractivity contribution < 1.29 is 14.6 Å². The zero-order valence-electron chi connectivity index (χ0n) is 18.2. The molecule has 2 N–H and O–H groups in total. The molecule has 0 saturated heterocycles. The topological polar surface area (TPSA) is 84.3 Å². The van der Waals surface area contributed by atoms with Gasteiger partial charge in [-0.15, -0.1) is 11.3 Å². The van der Waals surface area contributed by atoms with Crippen molar-refractivity contribution in [2.24, 2.45) is 5.92 Å². The molecule has 5 rings (SSSR count). The Morgan fingerprint density at radius 3 is 2.91 bits per heavy atom. The maximum absolute atomic E-state index is 13.5. The molecule has 1 fully saturated rings. The first-order valence-corrected chi connectivity index (χ1v) is 11.9. The third-order valence-corrected chi connectivity index (χ3v) is 7.66. The normalized spacial score (nSPS) is 24.8. The fourth-order valence-electron chi connectivity index (χ4n) is 4.80. The Morgan fingerprint density at radius 1 is 1.25 bits per heavy atom. The zero-order valence-corrected chi connectivity index (χ0v) is 19.1. The number of thiophene rings is 1. The summed E-state index contributed by atoms with van der Waals surface area (Å²) in [7, 11) is 0. The van der Waals surface area contributed by atoms with Gasteiger partial charge in [0.05, 0.1) is 23.2 Å². The van der Waals surface area contributed by atoms with E-state index in [9.17, 15) is 9.90 Å². The van der Waals surface area contributed by atoms with Crippen LogP contribution in [-0.2, 0) is 11.2 Å². The number of hydrogen-bond acceptors (Lipinski definition) is 7. The van der Waals surface area contributed by atoms with Gasteiger partial charge in [-0.3, -0.25) is 4.79 Å². The summed E-state index contributed by atoms with van der Waals surface area (Å²) < 4.78 is 6.14. The van der Waals surface area contributed by atoms with Crippen molar-refractivity contribution >= 4 is 22.9 Å². The van der Waals surface area contributed by atoms with Crippen LogP contribution in [0.5, 0.6) is 0 Å². The maximum atomic E-state index is 13.5. The van der Waals surface area contributed by atoms with Gasteiger partial charge in [0.1, 0.15) is 18.2 Å². The fraction of sp³-hybridized carbons (Fsp3) is 0.400. The first-order valence-electron chi connectivity index (χ1n) is 11.1. The quantitative estimate of drug-likeness (QED) is 0.565. The van der Waals surface area contributed by atoms with Gasteiger partial charge in [-0.05, 0) is 54.9 Å². The molecule has 0 amide bonds. The van der Waals surface area contributed by atoms with Crippen molar-refractivity contribution in [3.05, 3.63) is 74.9 Å². The van der Waals surface area contributed by atoms with E-state index in [2.05, 4.69) is 33.5 Å². The average Bonchev–Trinajstić information content (AvgIpc) is 3.34. The molecule has 1 aliphatic heterocycles. The van der Waals surface area contributed by atoms with Crippen molar-refractivity contribution in [2.45, 2.75) is 51.4 Å². The summed E-state index contributed by atoms with van der Waals surface area (Å²) in [6.07, 6.45) is 4.96. The van der Waals surface area contributed by atoms with Gasteiger partial charge in [0.2, 0.25) is 5.78 Å². The standard InChI is InChI=1S/C25H27N3O3S/c1-14-9-17(10-21(14)29)28-25-20(12-26-13-27-25)23(30)22-11-19(15(2)32-22)24-18-6-4-3-5-16(18)7-8-31-24/h3-6,11-14,17,21,24,29H,7-10H2,1-2H3,(H,26,27,28)/t14-,17-,21+,24-/m1/s1. The second-order valence-electron chi connectivity index (χ2n) is 8.79. The number of carbonyl (C=O) groups is 1. The number of carbonyl (C=O) groups excluding carboxylic acids is 1. The van der Waals surface area contributed by atoms with E-state index in [1.165, 1.54) is 28.8 Å². The first kappa shape index (κ1) is 21.2. The van der Waals surface area contributed by atoms with Gasteiger partial charge in [0.15, 0.2) is 0 Å². The fourth-order valence-corrected chi connectivity index (χ4v) is 5.80. The Labute approximate surface area is 191 Å². The smallest absolute Gasteiger partial charge is 0.208 e. The SMILES string of the molecule is Cc1sc(C(=O)c2cncnc2N[C@@H]2C[C@@H](C)[C@@H](O)C2)cc1[C@@H]1OCCc2ccccc21. The molecule has 1 aliphatic carbocycles. The summed E-state index contributed by atoms with van der Waals surface area (Å²) in [5.41, 5.74) is 3.99. The molecule has 0 radical (unpaired) electrons. The number of nitrogens with zero attached hydrogens (tertiary/aromatic N) is 2. The average molecular weight is 450 g/mol. The lowest BCUT2D eigenvalue weighted by atomic mass is 9.93. The molecule has 32 heavy (non-hydrogen) atoms.